The molecule has 8 heteroatoms. The van der Waals surface area contributed by atoms with Crippen LogP contribution < -0.4 is 19.5 Å². The second kappa shape index (κ2) is 8.50. The molecule has 0 spiro atoms. The van der Waals surface area contributed by atoms with Crippen LogP contribution >= 0.6 is 0 Å². The Labute approximate surface area is 150 Å². The molecule has 0 saturated carbocycles. The zero-order valence-electron chi connectivity index (χ0n) is 14.1. The van der Waals surface area contributed by atoms with Gasteiger partial charge in [0.05, 0.1) is 4.92 Å². The lowest BCUT2D eigenvalue weighted by Gasteiger charge is -2.25. The van der Waals surface area contributed by atoms with Gasteiger partial charge >= 0.3 is 0 Å². The fraction of sp³-hybridized carbons (Fsp3) is 0.333. The molecule has 0 amide bonds. The first-order valence-electron chi connectivity index (χ1n) is 8.37. The van der Waals surface area contributed by atoms with E-state index in [1.165, 1.54) is 24.3 Å². The topological polar surface area (TPSA) is 108 Å². The van der Waals surface area contributed by atoms with Gasteiger partial charge in [0, 0.05) is 12.1 Å². The van der Waals surface area contributed by atoms with Gasteiger partial charge < -0.3 is 24.6 Å². The third-order valence-corrected chi connectivity index (χ3v) is 3.93. The molecule has 0 fully saturated rings. The van der Waals surface area contributed by atoms with E-state index in [2.05, 4.69) is 0 Å². The third kappa shape index (κ3) is 4.84. The van der Waals surface area contributed by atoms with Crippen LogP contribution in [0.25, 0.3) is 0 Å². The van der Waals surface area contributed by atoms with Crippen molar-refractivity contribution < 1.29 is 29.6 Å². The molecular formula is C18H21N2O6+. The van der Waals surface area contributed by atoms with E-state index >= 15 is 0 Å². The van der Waals surface area contributed by atoms with Gasteiger partial charge in [-0.2, -0.15) is 0 Å². The number of fused-ring (bicyclic) bond motifs is 1. The van der Waals surface area contributed by atoms with E-state index in [1.54, 1.807) is 0 Å². The maximum Gasteiger partial charge on any atom is 0.269 e. The number of nitrogens with two attached hydrogens (primary N) is 1. The maximum atomic E-state index is 10.6. The summed E-state index contributed by atoms with van der Waals surface area (Å²) in [7, 11) is 0. The molecule has 2 aromatic rings. The number of hydrogen-bond donors (Lipinski definition) is 2. The van der Waals surface area contributed by atoms with Crippen molar-refractivity contribution in [3.05, 3.63) is 58.6 Å². The van der Waals surface area contributed by atoms with E-state index in [0.29, 0.717) is 25.4 Å². The number of benzene rings is 2. The smallest absolute Gasteiger partial charge is 0.269 e. The highest BCUT2D eigenvalue weighted by Gasteiger charge is 2.22. The summed E-state index contributed by atoms with van der Waals surface area (Å²) in [5, 5.41) is 22.6. The molecule has 0 aromatic heterocycles. The Morgan fingerprint density at radius 1 is 1.23 bits per heavy atom. The van der Waals surface area contributed by atoms with Crippen LogP contribution in [-0.4, -0.2) is 48.5 Å². The number of ether oxygens (including phenoxy) is 3. The molecule has 1 aliphatic heterocycles. The van der Waals surface area contributed by atoms with Gasteiger partial charge in [-0.05, 0) is 24.3 Å². The Bertz CT molecular complexity index is 737. The molecule has 0 unspecified atom stereocenters. The largest absolute Gasteiger partial charge is 0.491 e. The van der Waals surface area contributed by atoms with Gasteiger partial charge in [-0.3, -0.25) is 10.1 Å². The van der Waals surface area contributed by atoms with Crippen molar-refractivity contribution >= 4 is 5.69 Å². The zero-order chi connectivity index (χ0) is 18.4. The number of hydrogen-bond acceptors (Lipinski definition) is 6. The maximum absolute atomic E-state index is 10.6. The normalized spacial score (nSPS) is 16.7. The minimum Gasteiger partial charge on any atom is -0.491 e. The van der Waals surface area contributed by atoms with Crippen LogP contribution in [0.3, 0.4) is 0 Å². The zero-order valence-corrected chi connectivity index (χ0v) is 14.1. The summed E-state index contributed by atoms with van der Waals surface area (Å²) in [5.41, 5.74) is 0.00232. The molecular weight excluding hydrogens is 340 g/mol. The standard InChI is InChI=1S/C18H20N2O6/c21-14(11-24-15-7-5-13(6-8-15)20(22)23)9-19-10-16-12-25-17-3-1-2-4-18(17)26-16/h1-8,14,16,19,21H,9-12H2/p+1/t14-,16-/m1/s1. The fourth-order valence-electron chi connectivity index (χ4n) is 2.58. The predicted octanol–water partition coefficient (Wildman–Crippen LogP) is 0.738. The summed E-state index contributed by atoms with van der Waals surface area (Å²) in [5.74, 6) is 1.97. The number of nitrogens with zero attached hydrogens (tertiary/aromatic N) is 1. The van der Waals surface area contributed by atoms with Crippen LogP contribution in [0.1, 0.15) is 0 Å². The molecule has 3 rings (SSSR count). The lowest BCUT2D eigenvalue weighted by atomic mass is 10.2. The number of nitro groups is 1. The lowest BCUT2D eigenvalue weighted by Crippen LogP contribution is -2.89. The van der Waals surface area contributed by atoms with E-state index in [-0.39, 0.29) is 18.4 Å². The van der Waals surface area contributed by atoms with Gasteiger partial charge in [0.2, 0.25) is 0 Å². The highest BCUT2D eigenvalue weighted by Crippen LogP contribution is 2.30. The highest BCUT2D eigenvalue weighted by molar-refractivity contribution is 5.40. The van der Waals surface area contributed by atoms with Crippen molar-refractivity contribution in [1.82, 2.24) is 0 Å². The van der Waals surface area contributed by atoms with E-state index < -0.39 is 11.0 Å². The summed E-state index contributed by atoms with van der Waals surface area (Å²) in [6.45, 7) is 1.69. The number of rotatable bonds is 8. The van der Waals surface area contributed by atoms with Gasteiger partial charge in [-0.25, -0.2) is 0 Å². The van der Waals surface area contributed by atoms with Gasteiger partial charge in [0.1, 0.15) is 38.2 Å². The molecule has 0 bridgehead atoms. The summed E-state index contributed by atoms with van der Waals surface area (Å²) in [6, 6.07) is 13.3. The second-order valence-electron chi connectivity index (χ2n) is 5.97. The van der Waals surface area contributed by atoms with E-state index in [0.717, 1.165) is 11.5 Å². The molecule has 2 atom stereocenters. The number of quaternary nitrogens is 1. The van der Waals surface area contributed by atoms with Crippen LogP contribution in [0.5, 0.6) is 17.2 Å². The average Bonchev–Trinajstić information content (AvgIpc) is 2.66. The summed E-state index contributed by atoms with van der Waals surface area (Å²) >= 11 is 0. The van der Waals surface area contributed by atoms with Crippen molar-refractivity contribution in [2.24, 2.45) is 0 Å². The SMILES string of the molecule is O=[N+]([O-])c1ccc(OC[C@H](O)C[NH2+]C[C@@H]2COc3ccccc3O2)cc1. The van der Waals surface area contributed by atoms with Gasteiger partial charge in [-0.15, -0.1) is 0 Å². The first kappa shape index (κ1) is 18.0. The highest BCUT2D eigenvalue weighted by atomic mass is 16.6. The van der Waals surface area contributed by atoms with Crippen LogP contribution in [0.4, 0.5) is 5.69 Å². The van der Waals surface area contributed by atoms with Gasteiger partial charge in [0.25, 0.3) is 5.69 Å². The Hall–Kier alpha value is -2.84. The van der Waals surface area contributed by atoms with Crippen molar-refractivity contribution in [3.8, 4) is 17.2 Å². The Balaban J connectivity index is 1.35. The molecule has 8 nitrogen and oxygen atoms in total. The number of aliphatic hydroxyl groups excluding tert-OH is 1. The second-order valence-corrected chi connectivity index (χ2v) is 5.97. The molecule has 138 valence electrons. The number of para-hydroxylation sites is 2. The lowest BCUT2D eigenvalue weighted by molar-refractivity contribution is -0.666. The first-order chi connectivity index (χ1) is 12.6. The minimum absolute atomic E-state index is 0.00232. The van der Waals surface area contributed by atoms with Crippen molar-refractivity contribution in [2.75, 3.05) is 26.3 Å². The van der Waals surface area contributed by atoms with E-state index in [9.17, 15) is 15.2 Å². The Morgan fingerprint density at radius 2 is 1.96 bits per heavy atom. The monoisotopic (exact) mass is 361 g/mol. The van der Waals surface area contributed by atoms with Gasteiger partial charge in [0.15, 0.2) is 17.6 Å². The minimum atomic E-state index is -0.665. The van der Waals surface area contributed by atoms with E-state index in [4.69, 9.17) is 14.2 Å². The predicted molar refractivity (Wildman–Crippen MR) is 92.6 cm³/mol. The molecule has 1 aliphatic rings. The van der Waals surface area contributed by atoms with Gasteiger partial charge in [-0.1, -0.05) is 12.1 Å². The van der Waals surface area contributed by atoms with E-state index in [1.807, 2.05) is 29.6 Å². The number of nitro benzene ring substituents is 1. The molecule has 3 N–H and O–H groups in total. The number of aliphatic hydroxyl groups is 1. The van der Waals surface area contributed by atoms with Crippen LogP contribution in [0.2, 0.25) is 0 Å². The van der Waals surface area contributed by atoms with Crippen LogP contribution in [-0.2, 0) is 0 Å². The molecule has 2 aromatic carbocycles. The summed E-state index contributed by atoms with van der Waals surface area (Å²) < 4.78 is 16.9. The Morgan fingerprint density at radius 3 is 2.69 bits per heavy atom. The van der Waals surface area contributed by atoms with Crippen molar-refractivity contribution in [2.45, 2.75) is 12.2 Å². The third-order valence-electron chi connectivity index (χ3n) is 3.93. The first-order valence-corrected chi connectivity index (χ1v) is 8.37. The molecule has 0 saturated heterocycles. The average molecular weight is 361 g/mol. The molecule has 26 heavy (non-hydrogen) atoms. The molecule has 0 aliphatic carbocycles. The molecule has 0 radical (unpaired) electrons. The fourth-order valence-corrected chi connectivity index (χ4v) is 2.58. The van der Waals surface area contributed by atoms with Crippen LogP contribution in [0, 0.1) is 10.1 Å². The molecule has 1 heterocycles. The van der Waals surface area contributed by atoms with Crippen LogP contribution in [0.15, 0.2) is 48.5 Å². The Kier molecular flexibility index (Phi) is 5.88. The summed E-state index contributed by atoms with van der Waals surface area (Å²) in [4.78, 5) is 10.1. The van der Waals surface area contributed by atoms with Crippen molar-refractivity contribution in [3.63, 3.8) is 0 Å². The summed E-state index contributed by atoms with van der Waals surface area (Å²) in [6.07, 6.45) is -0.741. The van der Waals surface area contributed by atoms with Crippen molar-refractivity contribution in [1.29, 1.82) is 0 Å². The number of non-ortho nitro benzene ring substituents is 1. The quantitative estimate of drug-likeness (QED) is 0.530.